The lowest BCUT2D eigenvalue weighted by Gasteiger charge is -2.22. The highest BCUT2D eigenvalue weighted by molar-refractivity contribution is 5.72. The number of unbranched alkanes of at least 4 members (excludes halogenated alkanes) is 6. The molecule has 1 aliphatic carbocycles. The van der Waals surface area contributed by atoms with E-state index in [9.17, 15) is 4.79 Å². The van der Waals surface area contributed by atoms with Gasteiger partial charge in [0.2, 0.25) is 0 Å². The number of hydrogen-bond acceptors (Lipinski definition) is 3. The minimum absolute atomic E-state index is 0.00905. The van der Waals surface area contributed by atoms with Gasteiger partial charge in [-0.3, -0.25) is 4.79 Å². The van der Waals surface area contributed by atoms with Crippen LogP contribution in [-0.2, 0) is 16.1 Å². The van der Waals surface area contributed by atoms with Gasteiger partial charge >= 0.3 is 5.97 Å². The Morgan fingerprint density at radius 3 is 2.38 bits per heavy atom. The second kappa shape index (κ2) is 12.5. The van der Waals surface area contributed by atoms with E-state index in [2.05, 4.69) is 6.07 Å². The summed E-state index contributed by atoms with van der Waals surface area (Å²) in [7, 11) is 0. The summed E-state index contributed by atoms with van der Waals surface area (Å²) < 4.78 is 5.66. The molecule has 0 aliphatic heterocycles. The van der Waals surface area contributed by atoms with Crippen LogP contribution in [0.2, 0.25) is 0 Å². The molecule has 1 saturated carbocycles. The fourth-order valence-electron chi connectivity index (χ4n) is 4.02. The zero-order valence-electron chi connectivity index (χ0n) is 16.0. The lowest BCUT2D eigenvalue weighted by Crippen LogP contribution is -2.24. The Bertz CT molecular complexity index is 543. The number of nitriles is 1. The Balaban J connectivity index is 1.71. The van der Waals surface area contributed by atoms with Crippen molar-refractivity contribution in [3.63, 3.8) is 0 Å². The van der Waals surface area contributed by atoms with E-state index in [1.54, 1.807) is 0 Å². The van der Waals surface area contributed by atoms with E-state index in [0.29, 0.717) is 18.9 Å². The van der Waals surface area contributed by atoms with Gasteiger partial charge in [-0.05, 0) is 37.2 Å². The number of carbonyl (C=O) groups excluding carboxylic acids is 1. The van der Waals surface area contributed by atoms with Crippen LogP contribution in [-0.4, -0.2) is 5.97 Å². The topological polar surface area (TPSA) is 50.1 Å². The molecule has 1 unspecified atom stereocenters. The fourth-order valence-corrected chi connectivity index (χ4v) is 4.02. The van der Waals surface area contributed by atoms with Crippen LogP contribution in [0.3, 0.4) is 0 Å². The normalized spacial score (nSPS) is 15.5. The van der Waals surface area contributed by atoms with E-state index < -0.39 is 0 Å². The number of nitrogens with zero attached hydrogens (tertiary/aromatic N) is 1. The third-order valence-electron chi connectivity index (χ3n) is 5.55. The average Bonchev–Trinajstić information content (AvgIpc) is 3.20. The molecule has 0 bridgehead atoms. The molecule has 1 fully saturated rings. The minimum Gasteiger partial charge on any atom is -0.461 e. The number of ether oxygens (including phenoxy) is 1. The van der Waals surface area contributed by atoms with Crippen molar-refractivity contribution in [2.24, 2.45) is 11.8 Å². The number of rotatable bonds is 12. The summed E-state index contributed by atoms with van der Waals surface area (Å²) in [4.78, 5) is 12.7. The molecule has 0 N–H and O–H groups in total. The highest BCUT2D eigenvalue weighted by atomic mass is 16.5. The molecule has 3 heteroatoms. The third kappa shape index (κ3) is 7.60. The zero-order chi connectivity index (χ0) is 18.5. The van der Waals surface area contributed by atoms with Crippen molar-refractivity contribution in [2.45, 2.75) is 83.7 Å². The molecule has 3 nitrogen and oxygen atoms in total. The van der Waals surface area contributed by atoms with Crippen LogP contribution in [0.1, 0.15) is 82.6 Å². The molecule has 26 heavy (non-hydrogen) atoms. The molecular weight excluding hydrogens is 322 g/mol. The van der Waals surface area contributed by atoms with Crippen molar-refractivity contribution >= 4 is 5.97 Å². The second-order valence-corrected chi connectivity index (χ2v) is 7.56. The zero-order valence-corrected chi connectivity index (χ0v) is 16.0. The van der Waals surface area contributed by atoms with Gasteiger partial charge in [-0.2, -0.15) is 5.26 Å². The summed E-state index contributed by atoms with van der Waals surface area (Å²) in [6.45, 7) is 0.391. The van der Waals surface area contributed by atoms with Crippen molar-refractivity contribution in [1.82, 2.24) is 0 Å². The first kappa shape index (κ1) is 20.5. The van der Waals surface area contributed by atoms with Crippen LogP contribution in [0.5, 0.6) is 0 Å². The van der Waals surface area contributed by atoms with Crippen LogP contribution in [0.25, 0.3) is 0 Å². The summed E-state index contributed by atoms with van der Waals surface area (Å²) in [6.07, 6.45) is 13.4. The Labute approximate surface area is 158 Å². The van der Waals surface area contributed by atoms with Gasteiger partial charge in [-0.1, -0.05) is 75.3 Å². The highest BCUT2D eigenvalue weighted by Gasteiger charge is 2.31. The lowest BCUT2D eigenvalue weighted by atomic mass is 9.86. The Kier molecular flexibility index (Phi) is 9.87. The Morgan fingerprint density at radius 1 is 1.04 bits per heavy atom. The van der Waals surface area contributed by atoms with Crippen LogP contribution in [0.4, 0.5) is 0 Å². The van der Waals surface area contributed by atoms with Crippen molar-refractivity contribution in [3.05, 3.63) is 35.9 Å². The molecule has 0 amide bonds. The first-order valence-electron chi connectivity index (χ1n) is 10.4. The van der Waals surface area contributed by atoms with Crippen molar-refractivity contribution < 1.29 is 9.53 Å². The number of esters is 1. The predicted octanol–water partition coefficient (Wildman–Crippen LogP) is 6.18. The van der Waals surface area contributed by atoms with Gasteiger partial charge in [-0.25, -0.2) is 0 Å². The monoisotopic (exact) mass is 355 g/mol. The molecule has 1 aliphatic rings. The molecule has 0 heterocycles. The van der Waals surface area contributed by atoms with Crippen LogP contribution in [0, 0.1) is 23.2 Å². The Hall–Kier alpha value is -1.82. The molecular formula is C23H33NO2. The van der Waals surface area contributed by atoms with Gasteiger partial charge in [0, 0.05) is 6.42 Å². The Morgan fingerprint density at radius 2 is 1.69 bits per heavy atom. The summed E-state index contributed by atoms with van der Waals surface area (Å²) >= 11 is 0. The van der Waals surface area contributed by atoms with Crippen LogP contribution >= 0.6 is 0 Å². The van der Waals surface area contributed by atoms with E-state index in [4.69, 9.17) is 10.00 Å². The maximum Gasteiger partial charge on any atom is 0.309 e. The summed E-state index contributed by atoms with van der Waals surface area (Å²) in [5.41, 5.74) is 1.06. The van der Waals surface area contributed by atoms with Gasteiger partial charge in [-0.15, -0.1) is 0 Å². The summed E-state index contributed by atoms with van der Waals surface area (Å²) in [5.74, 6) is 0.614. The van der Waals surface area contributed by atoms with Crippen molar-refractivity contribution in [3.8, 4) is 6.07 Å². The van der Waals surface area contributed by atoms with E-state index in [0.717, 1.165) is 31.2 Å². The second-order valence-electron chi connectivity index (χ2n) is 7.56. The number of carbonyl (C=O) groups is 1. The minimum atomic E-state index is 0.00905. The first-order valence-corrected chi connectivity index (χ1v) is 10.4. The maximum absolute atomic E-state index is 12.7. The molecule has 0 saturated heterocycles. The number of hydrogen-bond donors (Lipinski definition) is 0. The van der Waals surface area contributed by atoms with Gasteiger partial charge in [0.25, 0.3) is 0 Å². The lowest BCUT2D eigenvalue weighted by molar-refractivity contribution is -0.152. The van der Waals surface area contributed by atoms with Gasteiger partial charge in [0.15, 0.2) is 0 Å². The van der Waals surface area contributed by atoms with E-state index in [-0.39, 0.29) is 11.9 Å². The molecule has 1 aromatic carbocycles. The van der Waals surface area contributed by atoms with Gasteiger partial charge in [0.1, 0.15) is 6.61 Å². The maximum atomic E-state index is 12.7. The van der Waals surface area contributed by atoms with Gasteiger partial charge in [0.05, 0.1) is 12.0 Å². The third-order valence-corrected chi connectivity index (χ3v) is 5.55. The van der Waals surface area contributed by atoms with Gasteiger partial charge < -0.3 is 4.74 Å². The van der Waals surface area contributed by atoms with Crippen molar-refractivity contribution in [2.75, 3.05) is 0 Å². The summed E-state index contributed by atoms with van der Waals surface area (Å²) in [6, 6.07) is 12.1. The molecule has 1 atom stereocenters. The molecule has 0 spiro atoms. The largest absolute Gasteiger partial charge is 0.461 e. The van der Waals surface area contributed by atoms with Crippen LogP contribution < -0.4 is 0 Å². The van der Waals surface area contributed by atoms with E-state index >= 15 is 0 Å². The first-order chi connectivity index (χ1) is 12.8. The predicted molar refractivity (Wildman–Crippen MR) is 104 cm³/mol. The van der Waals surface area contributed by atoms with Crippen molar-refractivity contribution in [1.29, 1.82) is 5.26 Å². The molecule has 0 radical (unpaired) electrons. The van der Waals surface area contributed by atoms with E-state index in [1.807, 2.05) is 30.3 Å². The fraction of sp³-hybridized carbons (Fsp3) is 0.652. The van der Waals surface area contributed by atoms with E-state index in [1.165, 1.54) is 44.9 Å². The number of benzene rings is 1. The standard InChI is InChI=1S/C23H33NO2/c24-18-12-5-3-1-2-4-9-17-22(21-15-10-11-16-21)23(25)26-19-20-13-7-6-8-14-20/h6-8,13-14,21-22H,1-5,9-12,15-17,19H2. The SMILES string of the molecule is N#CCCCCCCCCC(C(=O)OCc1ccccc1)C1CCCC1. The summed E-state index contributed by atoms with van der Waals surface area (Å²) in [5, 5.41) is 8.55. The highest BCUT2D eigenvalue weighted by Crippen LogP contribution is 2.35. The smallest absolute Gasteiger partial charge is 0.309 e. The molecule has 1 aromatic rings. The quantitative estimate of drug-likeness (QED) is 0.332. The molecule has 142 valence electrons. The van der Waals surface area contributed by atoms with Crippen LogP contribution in [0.15, 0.2) is 30.3 Å². The molecule has 2 rings (SSSR count). The average molecular weight is 356 g/mol. The molecule has 0 aromatic heterocycles.